The van der Waals surface area contributed by atoms with Crippen LogP contribution >= 0.6 is 11.8 Å². The molecule has 0 aliphatic heterocycles. The van der Waals surface area contributed by atoms with Gasteiger partial charge in [0.1, 0.15) is 11.7 Å². The van der Waals surface area contributed by atoms with E-state index in [9.17, 15) is 14.7 Å². The lowest BCUT2D eigenvalue weighted by atomic mass is 10.2. The van der Waals surface area contributed by atoms with Crippen molar-refractivity contribution in [2.24, 2.45) is 0 Å². The van der Waals surface area contributed by atoms with E-state index in [1.165, 1.54) is 6.20 Å². The zero-order chi connectivity index (χ0) is 15.9. The highest BCUT2D eigenvalue weighted by Gasteiger charge is 2.21. The molecule has 0 unspecified atom stereocenters. The molecule has 1 heterocycles. The van der Waals surface area contributed by atoms with Crippen LogP contribution in [0.5, 0.6) is 0 Å². The van der Waals surface area contributed by atoms with Crippen LogP contribution in [0.15, 0.2) is 30.5 Å². The smallest absolute Gasteiger partial charge is 0.326 e. The first kappa shape index (κ1) is 16.2. The highest BCUT2D eigenvalue weighted by Crippen LogP contribution is 2.09. The molecule has 0 aliphatic carbocycles. The summed E-state index contributed by atoms with van der Waals surface area (Å²) in [7, 11) is 0. The van der Waals surface area contributed by atoms with Gasteiger partial charge in [0.2, 0.25) is 0 Å². The van der Waals surface area contributed by atoms with Crippen LogP contribution in [0, 0.1) is 0 Å². The number of thioether (sulfide) groups is 1. The van der Waals surface area contributed by atoms with Crippen molar-refractivity contribution >= 4 is 34.7 Å². The second kappa shape index (κ2) is 7.74. The average Bonchev–Trinajstić information content (AvgIpc) is 2.53. The number of hydrogen-bond donors (Lipinski definition) is 2. The molecule has 6 nitrogen and oxygen atoms in total. The minimum absolute atomic E-state index is 0.119. The van der Waals surface area contributed by atoms with Gasteiger partial charge in [-0.1, -0.05) is 19.1 Å². The summed E-state index contributed by atoms with van der Waals surface area (Å²) in [5.41, 5.74) is 1.41. The summed E-state index contributed by atoms with van der Waals surface area (Å²) in [5, 5.41) is 11.7. The highest BCUT2D eigenvalue weighted by molar-refractivity contribution is 7.99. The van der Waals surface area contributed by atoms with Gasteiger partial charge in [0, 0.05) is 0 Å². The maximum absolute atomic E-state index is 12.2. The largest absolute Gasteiger partial charge is 0.480 e. The first-order valence-electron chi connectivity index (χ1n) is 6.95. The normalized spacial score (nSPS) is 12.0. The van der Waals surface area contributed by atoms with Crippen LogP contribution in [-0.2, 0) is 4.79 Å². The first-order valence-corrected chi connectivity index (χ1v) is 8.10. The molecule has 2 rings (SSSR count). The van der Waals surface area contributed by atoms with E-state index in [-0.39, 0.29) is 5.69 Å². The van der Waals surface area contributed by atoms with E-state index in [0.717, 1.165) is 5.75 Å². The summed E-state index contributed by atoms with van der Waals surface area (Å²) in [4.78, 5) is 31.7. The van der Waals surface area contributed by atoms with Crippen molar-refractivity contribution in [2.75, 3.05) is 11.5 Å². The Hall–Kier alpha value is -2.15. The van der Waals surface area contributed by atoms with E-state index < -0.39 is 17.9 Å². The molecule has 1 atom stereocenters. The van der Waals surface area contributed by atoms with Crippen molar-refractivity contribution < 1.29 is 14.7 Å². The lowest BCUT2D eigenvalue weighted by Gasteiger charge is -2.13. The lowest BCUT2D eigenvalue weighted by molar-refractivity contribution is -0.139. The van der Waals surface area contributed by atoms with Gasteiger partial charge in [-0.05, 0) is 30.1 Å². The minimum Gasteiger partial charge on any atom is -0.480 e. The molecule has 1 aromatic heterocycles. The summed E-state index contributed by atoms with van der Waals surface area (Å²) in [6.07, 6.45) is 1.73. The third kappa shape index (κ3) is 4.17. The molecule has 2 aromatic rings. The Morgan fingerprint density at radius 3 is 2.73 bits per heavy atom. The van der Waals surface area contributed by atoms with Gasteiger partial charge >= 0.3 is 5.97 Å². The van der Waals surface area contributed by atoms with Crippen molar-refractivity contribution in [1.29, 1.82) is 0 Å². The van der Waals surface area contributed by atoms with Crippen LogP contribution in [0.1, 0.15) is 23.8 Å². The number of hydrogen-bond acceptors (Lipinski definition) is 5. The van der Waals surface area contributed by atoms with Crippen LogP contribution < -0.4 is 5.32 Å². The van der Waals surface area contributed by atoms with Crippen LogP contribution in [0.2, 0.25) is 0 Å². The summed E-state index contributed by atoms with van der Waals surface area (Å²) in [5.74, 6) is 0.0269. The quantitative estimate of drug-likeness (QED) is 0.758. The molecule has 0 saturated heterocycles. The number of nitrogens with zero attached hydrogens (tertiary/aromatic N) is 2. The van der Waals surface area contributed by atoms with Gasteiger partial charge in [-0.2, -0.15) is 11.8 Å². The molecule has 0 bridgehead atoms. The SMILES string of the molecule is CCSCC[C@H](NC(=O)c1cnc2ccccc2n1)C(=O)O. The monoisotopic (exact) mass is 319 g/mol. The summed E-state index contributed by atoms with van der Waals surface area (Å²) < 4.78 is 0. The molecule has 0 radical (unpaired) electrons. The van der Waals surface area contributed by atoms with Gasteiger partial charge in [-0.3, -0.25) is 9.78 Å². The van der Waals surface area contributed by atoms with Gasteiger partial charge in [0.05, 0.1) is 17.2 Å². The van der Waals surface area contributed by atoms with E-state index in [1.54, 1.807) is 30.0 Å². The lowest BCUT2D eigenvalue weighted by Crippen LogP contribution is -2.41. The van der Waals surface area contributed by atoms with E-state index in [0.29, 0.717) is 23.2 Å². The third-order valence-electron chi connectivity index (χ3n) is 3.04. The molecule has 2 N–H and O–H groups in total. The fourth-order valence-corrected chi connectivity index (χ4v) is 2.59. The zero-order valence-electron chi connectivity index (χ0n) is 12.2. The van der Waals surface area contributed by atoms with Crippen molar-refractivity contribution in [3.05, 3.63) is 36.2 Å². The predicted octanol–water partition coefficient (Wildman–Crippen LogP) is 1.96. The Morgan fingerprint density at radius 1 is 1.32 bits per heavy atom. The Bertz CT molecular complexity index is 678. The summed E-state index contributed by atoms with van der Waals surface area (Å²) in [6, 6.07) is 6.28. The van der Waals surface area contributed by atoms with E-state index >= 15 is 0 Å². The number of benzene rings is 1. The van der Waals surface area contributed by atoms with E-state index in [1.807, 2.05) is 13.0 Å². The number of aliphatic carboxylic acids is 1. The number of carboxylic acids is 1. The summed E-state index contributed by atoms with van der Waals surface area (Å²) in [6.45, 7) is 2.00. The van der Waals surface area contributed by atoms with Crippen molar-refractivity contribution in [1.82, 2.24) is 15.3 Å². The number of amides is 1. The molecule has 1 aromatic carbocycles. The number of carbonyl (C=O) groups is 2. The standard InChI is InChI=1S/C15H17N3O3S/c1-2-22-8-7-12(15(20)21)18-14(19)13-9-16-10-5-3-4-6-11(10)17-13/h3-6,9,12H,2,7-8H2,1H3,(H,18,19)(H,20,21)/t12-/m0/s1. The van der Waals surface area contributed by atoms with Gasteiger partial charge in [-0.15, -0.1) is 0 Å². The molecule has 7 heteroatoms. The zero-order valence-corrected chi connectivity index (χ0v) is 13.0. The van der Waals surface area contributed by atoms with Crippen LogP contribution in [0.3, 0.4) is 0 Å². The Morgan fingerprint density at radius 2 is 2.05 bits per heavy atom. The van der Waals surface area contributed by atoms with Crippen LogP contribution in [-0.4, -0.2) is 44.5 Å². The Labute approximate surface area is 132 Å². The van der Waals surface area contributed by atoms with E-state index in [4.69, 9.17) is 0 Å². The second-order valence-corrected chi connectivity index (χ2v) is 5.99. The average molecular weight is 319 g/mol. The van der Waals surface area contributed by atoms with E-state index in [2.05, 4.69) is 15.3 Å². The fraction of sp³-hybridized carbons (Fsp3) is 0.333. The molecular formula is C15H17N3O3S. The maximum atomic E-state index is 12.2. The maximum Gasteiger partial charge on any atom is 0.326 e. The Balaban J connectivity index is 2.09. The molecule has 22 heavy (non-hydrogen) atoms. The summed E-state index contributed by atoms with van der Waals surface area (Å²) >= 11 is 1.64. The molecule has 1 amide bonds. The van der Waals surface area contributed by atoms with Gasteiger partial charge < -0.3 is 10.4 Å². The topological polar surface area (TPSA) is 92.2 Å². The number of carbonyl (C=O) groups excluding carboxylic acids is 1. The van der Waals surface area contributed by atoms with Crippen molar-refractivity contribution in [3.8, 4) is 0 Å². The van der Waals surface area contributed by atoms with Crippen LogP contribution in [0.4, 0.5) is 0 Å². The van der Waals surface area contributed by atoms with Gasteiger partial charge in [0.25, 0.3) is 5.91 Å². The highest BCUT2D eigenvalue weighted by atomic mass is 32.2. The van der Waals surface area contributed by atoms with Crippen LogP contribution in [0.25, 0.3) is 11.0 Å². The van der Waals surface area contributed by atoms with Gasteiger partial charge in [-0.25, -0.2) is 9.78 Å². The molecular weight excluding hydrogens is 302 g/mol. The number of rotatable bonds is 7. The van der Waals surface area contributed by atoms with Crippen molar-refractivity contribution in [2.45, 2.75) is 19.4 Å². The number of aromatic nitrogens is 2. The molecule has 0 saturated carbocycles. The minimum atomic E-state index is -1.04. The second-order valence-electron chi connectivity index (χ2n) is 4.59. The third-order valence-corrected chi connectivity index (χ3v) is 3.97. The number of carboxylic acid groups (broad SMARTS) is 1. The number of nitrogens with one attached hydrogen (secondary N) is 1. The molecule has 0 fully saturated rings. The molecule has 0 aliphatic rings. The predicted molar refractivity (Wildman–Crippen MR) is 86.0 cm³/mol. The number of para-hydroxylation sites is 2. The van der Waals surface area contributed by atoms with Crippen molar-refractivity contribution in [3.63, 3.8) is 0 Å². The van der Waals surface area contributed by atoms with Gasteiger partial charge in [0.15, 0.2) is 0 Å². The first-order chi connectivity index (χ1) is 10.6. The number of fused-ring (bicyclic) bond motifs is 1. The molecule has 0 spiro atoms. The fourth-order valence-electron chi connectivity index (χ4n) is 1.90. The Kier molecular flexibility index (Phi) is 5.71. The molecule has 116 valence electrons.